The molecule has 1 rings (SSSR count). The minimum Gasteiger partial charge on any atom is -0.341 e. The van der Waals surface area contributed by atoms with Gasteiger partial charge in [-0.15, -0.1) is 0 Å². The maximum absolute atomic E-state index is 10.9. The van der Waals surface area contributed by atoms with Crippen molar-refractivity contribution < 1.29 is 4.79 Å². The molecule has 0 radical (unpaired) electrons. The summed E-state index contributed by atoms with van der Waals surface area (Å²) in [5.74, 6) is 0. The van der Waals surface area contributed by atoms with E-state index in [4.69, 9.17) is 0 Å². The van der Waals surface area contributed by atoms with Gasteiger partial charge in [0.25, 0.3) is 0 Å². The number of urea groups is 1. The zero-order chi connectivity index (χ0) is 8.27. The van der Waals surface area contributed by atoms with Gasteiger partial charge in [0, 0.05) is 17.0 Å². The zero-order valence-corrected chi connectivity index (χ0v) is 8.72. The van der Waals surface area contributed by atoms with Gasteiger partial charge in [0.1, 0.15) is 0 Å². The maximum Gasteiger partial charge on any atom is 0.314 e. The Labute approximate surface area is 80.4 Å². The lowest BCUT2D eigenvalue weighted by Gasteiger charge is -2.15. The van der Waals surface area contributed by atoms with Crippen molar-refractivity contribution in [3.8, 4) is 0 Å². The van der Waals surface area contributed by atoms with Crippen LogP contribution >= 0.6 is 22.6 Å². The molecule has 0 aliphatic heterocycles. The molecule has 2 amide bonds. The molecule has 0 spiro atoms. The predicted molar refractivity (Wildman–Crippen MR) is 53.0 cm³/mol. The molecule has 0 aromatic rings. The van der Waals surface area contributed by atoms with E-state index in [1.54, 1.807) is 7.05 Å². The van der Waals surface area contributed by atoms with E-state index in [0.29, 0.717) is 9.97 Å². The van der Waals surface area contributed by atoms with E-state index in [1.165, 1.54) is 12.8 Å². The van der Waals surface area contributed by atoms with Gasteiger partial charge in [0.2, 0.25) is 0 Å². The van der Waals surface area contributed by atoms with E-state index in [0.717, 1.165) is 6.42 Å². The van der Waals surface area contributed by atoms with E-state index in [1.807, 2.05) is 0 Å². The molecule has 1 aliphatic carbocycles. The molecule has 0 aromatic heterocycles. The molecule has 4 heteroatoms. The number of nitrogens with one attached hydrogen (secondary N) is 2. The molecular weight excluding hydrogens is 255 g/mol. The first-order valence-electron chi connectivity index (χ1n) is 3.86. The highest BCUT2D eigenvalue weighted by Crippen LogP contribution is 2.25. The fourth-order valence-electron chi connectivity index (χ4n) is 1.32. The van der Waals surface area contributed by atoms with E-state index >= 15 is 0 Å². The lowest BCUT2D eigenvalue weighted by atomic mass is 10.2. The Kier molecular flexibility index (Phi) is 3.42. The highest BCUT2D eigenvalue weighted by molar-refractivity contribution is 14.1. The second-order valence-electron chi connectivity index (χ2n) is 2.78. The minimum atomic E-state index is -0.0569. The summed E-state index contributed by atoms with van der Waals surface area (Å²) in [5, 5.41) is 5.48. The van der Waals surface area contributed by atoms with Crippen molar-refractivity contribution in [3.63, 3.8) is 0 Å². The highest BCUT2D eigenvalue weighted by atomic mass is 127. The Morgan fingerprint density at radius 3 is 2.73 bits per heavy atom. The monoisotopic (exact) mass is 268 g/mol. The van der Waals surface area contributed by atoms with Gasteiger partial charge in [0.15, 0.2) is 0 Å². The summed E-state index contributed by atoms with van der Waals surface area (Å²) in [7, 11) is 1.65. The Morgan fingerprint density at radius 2 is 2.27 bits per heavy atom. The van der Waals surface area contributed by atoms with Crippen molar-refractivity contribution in [1.29, 1.82) is 0 Å². The Hall–Kier alpha value is 0. The Morgan fingerprint density at radius 1 is 1.55 bits per heavy atom. The SMILES string of the molecule is CNC(=O)N[C@@H]1CCC[C@H]1I. The molecule has 2 N–H and O–H groups in total. The van der Waals surface area contributed by atoms with Crippen LogP contribution in [0.3, 0.4) is 0 Å². The molecule has 1 saturated carbocycles. The van der Waals surface area contributed by atoms with Gasteiger partial charge in [-0.1, -0.05) is 29.0 Å². The fraction of sp³-hybridized carbons (Fsp3) is 0.857. The average molecular weight is 268 g/mol. The van der Waals surface area contributed by atoms with Gasteiger partial charge in [0.05, 0.1) is 0 Å². The van der Waals surface area contributed by atoms with Crippen LogP contribution in [0.4, 0.5) is 4.79 Å². The van der Waals surface area contributed by atoms with Gasteiger partial charge in [-0.25, -0.2) is 4.79 Å². The number of rotatable bonds is 1. The number of hydrogen-bond acceptors (Lipinski definition) is 1. The first-order chi connectivity index (χ1) is 5.24. The van der Waals surface area contributed by atoms with Crippen molar-refractivity contribution in [2.24, 2.45) is 0 Å². The summed E-state index contributed by atoms with van der Waals surface area (Å²) in [6.45, 7) is 0. The van der Waals surface area contributed by atoms with E-state index in [9.17, 15) is 4.79 Å². The fourth-order valence-corrected chi connectivity index (χ4v) is 2.30. The molecular formula is C7H13IN2O. The molecule has 0 aromatic carbocycles. The van der Waals surface area contributed by atoms with Gasteiger partial charge < -0.3 is 10.6 Å². The van der Waals surface area contributed by atoms with Crippen LogP contribution in [0.15, 0.2) is 0 Å². The van der Waals surface area contributed by atoms with Gasteiger partial charge in [-0.2, -0.15) is 0 Å². The number of hydrogen-bond donors (Lipinski definition) is 2. The number of carbonyl (C=O) groups is 1. The smallest absolute Gasteiger partial charge is 0.314 e. The van der Waals surface area contributed by atoms with Gasteiger partial charge >= 0.3 is 6.03 Å². The molecule has 2 atom stereocenters. The maximum atomic E-state index is 10.9. The van der Waals surface area contributed by atoms with Gasteiger partial charge in [-0.05, 0) is 12.8 Å². The van der Waals surface area contributed by atoms with Crippen LogP contribution in [0, 0.1) is 0 Å². The number of halogens is 1. The number of carbonyl (C=O) groups excluding carboxylic acids is 1. The van der Waals surface area contributed by atoms with Crippen LogP contribution in [0.5, 0.6) is 0 Å². The largest absolute Gasteiger partial charge is 0.341 e. The first kappa shape index (κ1) is 9.09. The topological polar surface area (TPSA) is 41.1 Å². The van der Waals surface area contributed by atoms with Crippen LogP contribution in [0.1, 0.15) is 19.3 Å². The van der Waals surface area contributed by atoms with E-state index in [2.05, 4.69) is 33.2 Å². The van der Waals surface area contributed by atoms with Crippen LogP contribution in [0.25, 0.3) is 0 Å². The summed E-state index contributed by atoms with van der Waals surface area (Å²) in [5.41, 5.74) is 0. The molecule has 1 aliphatic rings. The molecule has 0 heterocycles. The Balaban J connectivity index is 2.30. The first-order valence-corrected chi connectivity index (χ1v) is 5.11. The molecule has 11 heavy (non-hydrogen) atoms. The van der Waals surface area contributed by atoms with E-state index < -0.39 is 0 Å². The number of amides is 2. The summed E-state index contributed by atoms with van der Waals surface area (Å²) in [6.07, 6.45) is 3.60. The third-order valence-corrected chi connectivity index (χ3v) is 3.47. The summed E-state index contributed by atoms with van der Waals surface area (Å²) in [6, 6.07) is 0.328. The third-order valence-electron chi connectivity index (χ3n) is 1.98. The Bertz CT molecular complexity index is 151. The predicted octanol–water partition coefficient (Wildman–Crippen LogP) is 1.27. The molecule has 1 fully saturated rings. The van der Waals surface area contributed by atoms with Gasteiger partial charge in [-0.3, -0.25) is 0 Å². The summed E-state index contributed by atoms with van der Waals surface area (Å²) >= 11 is 2.40. The zero-order valence-electron chi connectivity index (χ0n) is 6.56. The summed E-state index contributed by atoms with van der Waals surface area (Å²) < 4.78 is 0.616. The molecule has 0 saturated heterocycles. The average Bonchev–Trinajstić information content (AvgIpc) is 2.37. The van der Waals surface area contributed by atoms with Crippen molar-refractivity contribution in [3.05, 3.63) is 0 Å². The van der Waals surface area contributed by atoms with Crippen LogP contribution in [0.2, 0.25) is 0 Å². The standard InChI is InChI=1S/C7H13IN2O/c1-9-7(11)10-6-4-2-3-5(6)8/h5-6H,2-4H2,1H3,(H2,9,10,11)/t5-,6-/m1/s1. The van der Waals surface area contributed by atoms with Crippen LogP contribution < -0.4 is 10.6 Å². The van der Waals surface area contributed by atoms with E-state index in [-0.39, 0.29) is 6.03 Å². The minimum absolute atomic E-state index is 0.0569. The lowest BCUT2D eigenvalue weighted by Crippen LogP contribution is -2.42. The van der Waals surface area contributed by atoms with Crippen molar-refractivity contribution >= 4 is 28.6 Å². The van der Waals surface area contributed by atoms with Crippen molar-refractivity contribution in [2.75, 3.05) is 7.05 Å². The molecule has 0 unspecified atom stereocenters. The molecule has 0 bridgehead atoms. The van der Waals surface area contributed by atoms with Crippen molar-refractivity contribution in [1.82, 2.24) is 10.6 Å². The van der Waals surface area contributed by atoms with Crippen molar-refractivity contribution in [2.45, 2.75) is 29.2 Å². The second-order valence-corrected chi connectivity index (χ2v) is 4.38. The normalized spacial score (nSPS) is 30.0. The van der Waals surface area contributed by atoms with Crippen LogP contribution in [-0.2, 0) is 0 Å². The third kappa shape index (κ3) is 2.50. The molecule has 64 valence electrons. The highest BCUT2D eigenvalue weighted by Gasteiger charge is 2.25. The second kappa shape index (κ2) is 4.13. The number of alkyl halides is 1. The summed E-state index contributed by atoms with van der Waals surface area (Å²) in [4.78, 5) is 10.9. The van der Waals surface area contributed by atoms with Crippen LogP contribution in [-0.4, -0.2) is 23.0 Å². The molecule has 3 nitrogen and oxygen atoms in total. The lowest BCUT2D eigenvalue weighted by molar-refractivity contribution is 0.239. The quantitative estimate of drug-likeness (QED) is 0.545.